The monoisotopic (exact) mass is 422 g/mol. The molecule has 1 heterocycles. The first-order chi connectivity index (χ1) is 14.3. The number of hydrogen-bond acceptors (Lipinski definition) is 3. The lowest BCUT2D eigenvalue weighted by Crippen LogP contribution is -2.69. The van der Waals surface area contributed by atoms with Gasteiger partial charge in [0, 0.05) is 22.5 Å². The Hall–Kier alpha value is -2.91. The highest BCUT2D eigenvalue weighted by Crippen LogP contribution is 2.74. The van der Waals surface area contributed by atoms with Crippen molar-refractivity contribution in [3.05, 3.63) is 64.6 Å². The van der Waals surface area contributed by atoms with Crippen LogP contribution < -0.4 is 5.32 Å². The fourth-order valence-corrected chi connectivity index (χ4v) is 5.68. The Bertz CT molecular complexity index is 1190. The van der Waals surface area contributed by atoms with Gasteiger partial charge in [-0.25, -0.2) is 4.39 Å². The van der Waals surface area contributed by atoms with E-state index in [1.165, 1.54) is 6.07 Å². The smallest absolute Gasteiger partial charge is 0.226 e. The predicted octanol–water partition coefficient (Wildman–Crippen LogP) is 4.75. The van der Waals surface area contributed by atoms with Crippen molar-refractivity contribution in [1.29, 1.82) is 5.26 Å². The van der Waals surface area contributed by atoms with Crippen LogP contribution in [0.15, 0.2) is 42.6 Å². The number of fused-ring (bicyclic) bond motifs is 1. The standard InChI is InChI=1S/C23H20ClFN4O/c1-14(20-17(24)3-2-4-18(20)25)28-21(30)23-10-22(11-23,12-23)13-29-19-6-5-15(8-26)7-16(19)9-27-29/h2-7,9,14H,10-13H2,1H3,(H,28,30). The lowest BCUT2D eigenvalue weighted by molar-refractivity contribution is -0.213. The molecule has 6 rings (SSSR count). The number of amides is 1. The summed E-state index contributed by atoms with van der Waals surface area (Å²) < 4.78 is 16.1. The molecule has 5 nitrogen and oxygen atoms in total. The largest absolute Gasteiger partial charge is 0.349 e. The third kappa shape index (κ3) is 2.80. The first-order valence-corrected chi connectivity index (χ1v) is 10.3. The van der Waals surface area contributed by atoms with Crippen molar-refractivity contribution in [3.63, 3.8) is 0 Å². The van der Waals surface area contributed by atoms with Gasteiger partial charge in [-0.3, -0.25) is 9.48 Å². The summed E-state index contributed by atoms with van der Waals surface area (Å²) in [6.07, 6.45) is 4.20. The normalized spacial score (nSPS) is 25.1. The molecule has 152 valence electrons. The second-order valence-electron chi connectivity index (χ2n) is 8.83. The van der Waals surface area contributed by atoms with Gasteiger partial charge in [-0.15, -0.1) is 0 Å². The van der Waals surface area contributed by atoms with Crippen molar-refractivity contribution >= 4 is 28.4 Å². The topological polar surface area (TPSA) is 70.7 Å². The Labute approximate surface area is 178 Å². The number of carbonyl (C=O) groups is 1. The molecule has 3 saturated carbocycles. The first-order valence-electron chi connectivity index (χ1n) is 9.95. The number of benzene rings is 2. The van der Waals surface area contributed by atoms with Crippen LogP contribution in [-0.2, 0) is 11.3 Å². The van der Waals surface area contributed by atoms with E-state index in [0.29, 0.717) is 16.1 Å². The van der Waals surface area contributed by atoms with Crippen LogP contribution in [0.4, 0.5) is 4.39 Å². The summed E-state index contributed by atoms with van der Waals surface area (Å²) in [5.41, 5.74) is 1.67. The van der Waals surface area contributed by atoms with Gasteiger partial charge in [0.2, 0.25) is 5.91 Å². The molecule has 2 aromatic carbocycles. The quantitative estimate of drug-likeness (QED) is 0.645. The summed E-state index contributed by atoms with van der Waals surface area (Å²) in [5.74, 6) is -0.435. The molecular weight excluding hydrogens is 403 g/mol. The molecular formula is C23H20ClFN4O. The number of nitrogens with one attached hydrogen (secondary N) is 1. The van der Waals surface area contributed by atoms with Gasteiger partial charge >= 0.3 is 0 Å². The number of carbonyl (C=O) groups excluding carboxylic acids is 1. The van der Waals surface area contributed by atoms with Crippen molar-refractivity contribution in [2.75, 3.05) is 0 Å². The van der Waals surface area contributed by atoms with Gasteiger partial charge in [0.05, 0.1) is 34.8 Å². The summed E-state index contributed by atoms with van der Waals surface area (Å²) in [6.45, 7) is 2.51. The molecule has 0 spiro atoms. The number of nitrogens with zero attached hydrogens (tertiary/aromatic N) is 3. The first kappa shape index (κ1) is 19.1. The van der Waals surface area contributed by atoms with Gasteiger partial charge in [0.15, 0.2) is 0 Å². The van der Waals surface area contributed by atoms with Crippen LogP contribution in [0.25, 0.3) is 10.9 Å². The number of aromatic nitrogens is 2. The highest BCUT2D eigenvalue weighted by Gasteiger charge is 2.71. The van der Waals surface area contributed by atoms with Crippen LogP contribution in [-0.4, -0.2) is 15.7 Å². The maximum Gasteiger partial charge on any atom is 0.226 e. The molecule has 0 saturated heterocycles. The second-order valence-corrected chi connectivity index (χ2v) is 9.24. The highest BCUT2D eigenvalue weighted by molar-refractivity contribution is 6.31. The zero-order chi connectivity index (χ0) is 21.1. The highest BCUT2D eigenvalue weighted by atomic mass is 35.5. The molecule has 0 radical (unpaired) electrons. The van der Waals surface area contributed by atoms with Crippen LogP contribution in [0, 0.1) is 28.0 Å². The zero-order valence-electron chi connectivity index (χ0n) is 16.5. The summed E-state index contributed by atoms with van der Waals surface area (Å²) in [6, 6.07) is 11.8. The van der Waals surface area contributed by atoms with E-state index < -0.39 is 11.9 Å². The second kappa shape index (κ2) is 6.55. The SMILES string of the molecule is CC(NC(=O)C12CC(Cn3ncc4cc(C#N)ccc43)(C1)C2)c1c(F)cccc1Cl. The Balaban J connectivity index is 1.25. The van der Waals surface area contributed by atoms with E-state index in [0.717, 1.165) is 36.7 Å². The molecule has 1 unspecified atom stereocenters. The van der Waals surface area contributed by atoms with E-state index >= 15 is 0 Å². The van der Waals surface area contributed by atoms with E-state index in [-0.39, 0.29) is 16.7 Å². The van der Waals surface area contributed by atoms with Gasteiger partial charge in [-0.2, -0.15) is 10.4 Å². The van der Waals surface area contributed by atoms with Crippen LogP contribution in [0.3, 0.4) is 0 Å². The van der Waals surface area contributed by atoms with Gasteiger partial charge < -0.3 is 5.32 Å². The molecule has 1 amide bonds. The summed E-state index contributed by atoms with van der Waals surface area (Å²) in [7, 11) is 0. The van der Waals surface area contributed by atoms with Crippen molar-refractivity contribution in [2.24, 2.45) is 10.8 Å². The Morgan fingerprint density at radius 2 is 2.13 bits per heavy atom. The average Bonchev–Trinajstić information content (AvgIpc) is 3.04. The van der Waals surface area contributed by atoms with Crippen molar-refractivity contribution in [1.82, 2.24) is 15.1 Å². The summed E-state index contributed by atoms with van der Waals surface area (Å²) in [5, 5.41) is 17.8. The third-order valence-electron chi connectivity index (χ3n) is 6.66. The molecule has 3 aliphatic rings. The number of nitriles is 1. The lowest BCUT2D eigenvalue weighted by atomic mass is 9.35. The van der Waals surface area contributed by atoms with Crippen LogP contribution in [0.2, 0.25) is 5.02 Å². The van der Waals surface area contributed by atoms with E-state index in [4.69, 9.17) is 16.9 Å². The van der Waals surface area contributed by atoms with Gasteiger partial charge in [-0.05, 0) is 61.9 Å². The van der Waals surface area contributed by atoms with Crippen LogP contribution >= 0.6 is 11.6 Å². The zero-order valence-corrected chi connectivity index (χ0v) is 17.2. The van der Waals surface area contributed by atoms with Crippen LogP contribution in [0.1, 0.15) is 43.4 Å². The van der Waals surface area contributed by atoms with Crippen molar-refractivity contribution in [3.8, 4) is 6.07 Å². The van der Waals surface area contributed by atoms with Gasteiger partial charge in [0.25, 0.3) is 0 Å². The molecule has 3 aliphatic carbocycles. The number of rotatable bonds is 5. The van der Waals surface area contributed by atoms with Gasteiger partial charge in [-0.1, -0.05) is 17.7 Å². The minimum atomic E-state index is -0.486. The summed E-state index contributed by atoms with van der Waals surface area (Å²) in [4.78, 5) is 12.9. The third-order valence-corrected chi connectivity index (χ3v) is 6.99. The van der Waals surface area contributed by atoms with E-state index in [2.05, 4.69) is 16.5 Å². The average molecular weight is 423 g/mol. The lowest BCUT2D eigenvalue weighted by Gasteiger charge is -2.69. The molecule has 3 fully saturated rings. The number of halogens is 2. The fraction of sp³-hybridized carbons (Fsp3) is 0.348. The molecule has 1 aromatic heterocycles. The molecule has 3 aromatic rings. The van der Waals surface area contributed by atoms with Gasteiger partial charge in [0.1, 0.15) is 5.82 Å². The Kier molecular flexibility index (Phi) is 4.16. The molecule has 2 bridgehead atoms. The van der Waals surface area contributed by atoms with Crippen LogP contribution in [0.5, 0.6) is 0 Å². The molecule has 1 atom stereocenters. The molecule has 30 heavy (non-hydrogen) atoms. The van der Waals surface area contributed by atoms with E-state index in [1.807, 2.05) is 16.8 Å². The minimum Gasteiger partial charge on any atom is -0.349 e. The molecule has 1 N–H and O–H groups in total. The molecule has 0 aliphatic heterocycles. The fourth-order valence-electron chi connectivity index (χ4n) is 5.35. The minimum absolute atomic E-state index is 0.0276. The van der Waals surface area contributed by atoms with E-state index in [1.54, 1.807) is 31.3 Å². The number of hydrogen-bond donors (Lipinski definition) is 1. The van der Waals surface area contributed by atoms with E-state index in [9.17, 15) is 9.18 Å². The molecule has 7 heteroatoms. The Morgan fingerprint density at radius 1 is 1.37 bits per heavy atom. The van der Waals surface area contributed by atoms with Crippen molar-refractivity contribution < 1.29 is 9.18 Å². The predicted molar refractivity (Wildman–Crippen MR) is 111 cm³/mol. The van der Waals surface area contributed by atoms with Crippen molar-refractivity contribution in [2.45, 2.75) is 38.8 Å². The summed E-state index contributed by atoms with van der Waals surface area (Å²) >= 11 is 6.13. The maximum absolute atomic E-state index is 14.1. The Morgan fingerprint density at radius 3 is 2.83 bits per heavy atom. The maximum atomic E-state index is 14.1.